The smallest absolute Gasteiger partial charge is 0.329 e. The number of rotatable bonds is 6. The molecule has 1 aromatic rings. The molecule has 1 aliphatic rings. The summed E-state index contributed by atoms with van der Waals surface area (Å²) in [4.78, 5) is 24.5. The van der Waals surface area contributed by atoms with E-state index in [1.165, 1.54) is 4.88 Å². The van der Waals surface area contributed by atoms with Crippen LogP contribution in [0.3, 0.4) is 0 Å². The van der Waals surface area contributed by atoms with Crippen molar-refractivity contribution in [1.29, 1.82) is 0 Å². The number of carboxylic acid groups (broad SMARTS) is 1. The molecule has 2 unspecified atom stereocenters. The molecule has 1 fully saturated rings. The third-order valence-electron chi connectivity index (χ3n) is 3.68. The molecule has 20 heavy (non-hydrogen) atoms. The molecule has 2 amide bonds. The molecule has 0 saturated heterocycles. The number of thiophene rings is 1. The molecule has 0 spiro atoms. The molecule has 5 nitrogen and oxygen atoms in total. The minimum absolute atomic E-state index is 0.0362. The minimum Gasteiger partial charge on any atom is -0.480 e. The molecular formula is C14H20N2O3S. The van der Waals surface area contributed by atoms with Gasteiger partial charge in [0.15, 0.2) is 0 Å². The van der Waals surface area contributed by atoms with Gasteiger partial charge in [-0.05, 0) is 44.1 Å². The molecule has 0 radical (unpaired) electrons. The number of carboxylic acids is 1. The fraction of sp³-hybridized carbons (Fsp3) is 0.571. The third-order valence-corrected chi connectivity index (χ3v) is 4.58. The standard InChI is InChI=1S/C14H20N2O3S/c1-9(8-11-4-3-7-20-11)15-13(19)16-14(2,12(17)18)10-5-6-10/h3-4,7,9-10H,5-6,8H2,1-2H3,(H,17,18)(H2,15,16,19). The van der Waals surface area contributed by atoms with E-state index in [1.54, 1.807) is 18.3 Å². The summed E-state index contributed by atoms with van der Waals surface area (Å²) >= 11 is 1.65. The first kappa shape index (κ1) is 14.8. The Kier molecular flexibility index (Phi) is 4.32. The van der Waals surface area contributed by atoms with Gasteiger partial charge in [0, 0.05) is 17.3 Å². The lowest BCUT2D eigenvalue weighted by atomic mass is 9.96. The molecule has 110 valence electrons. The van der Waals surface area contributed by atoms with E-state index in [2.05, 4.69) is 10.6 Å². The van der Waals surface area contributed by atoms with Gasteiger partial charge in [0.1, 0.15) is 5.54 Å². The highest BCUT2D eigenvalue weighted by atomic mass is 32.1. The molecule has 0 aliphatic heterocycles. The quantitative estimate of drug-likeness (QED) is 0.753. The fourth-order valence-electron chi connectivity index (χ4n) is 2.27. The Hall–Kier alpha value is -1.56. The van der Waals surface area contributed by atoms with Gasteiger partial charge in [0.05, 0.1) is 0 Å². The van der Waals surface area contributed by atoms with Crippen LogP contribution in [0.1, 0.15) is 31.6 Å². The number of carbonyl (C=O) groups excluding carboxylic acids is 1. The first-order valence-corrected chi connectivity index (χ1v) is 7.64. The largest absolute Gasteiger partial charge is 0.480 e. The highest BCUT2D eigenvalue weighted by Crippen LogP contribution is 2.39. The van der Waals surface area contributed by atoms with Crippen molar-refractivity contribution in [2.45, 2.75) is 44.7 Å². The molecule has 0 bridgehead atoms. The van der Waals surface area contributed by atoms with E-state index in [1.807, 2.05) is 24.4 Å². The van der Waals surface area contributed by atoms with Gasteiger partial charge < -0.3 is 15.7 Å². The highest BCUT2D eigenvalue weighted by Gasteiger charge is 2.48. The van der Waals surface area contributed by atoms with E-state index in [0.29, 0.717) is 0 Å². The Morgan fingerprint density at radius 2 is 2.25 bits per heavy atom. The van der Waals surface area contributed by atoms with Gasteiger partial charge in [-0.3, -0.25) is 0 Å². The first-order valence-electron chi connectivity index (χ1n) is 6.76. The SMILES string of the molecule is CC(Cc1cccs1)NC(=O)NC(C)(C(=O)O)C1CC1. The van der Waals surface area contributed by atoms with Crippen molar-refractivity contribution in [3.63, 3.8) is 0 Å². The molecule has 0 aromatic carbocycles. The van der Waals surface area contributed by atoms with Crippen LogP contribution in [-0.2, 0) is 11.2 Å². The number of aliphatic carboxylic acids is 1. The van der Waals surface area contributed by atoms with E-state index in [0.717, 1.165) is 19.3 Å². The van der Waals surface area contributed by atoms with Gasteiger partial charge in [-0.1, -0.05) is 6.07 Å². The van der Waals surface area contributed by atoms with Crippen molar-refractivity contribution in [2.75, 3.05) is 0 Å². The zero-order valence-electron chi connectivity index (χ0n) is 11.7. The van der Waals surface area contributed by atoms with Crippen molar-refractivity contribution in [1.82, 2.24) is 10.6 Å². The van der Waals surface area contributed by atoms with E-state index in [4.69, 9.17) is 0 Å². The van der Waals surface area contributed by atoms with Gasteiger partial charge in [-0.25, -0.2) is 9.59 Å². The van der Waals surface area contributed by atoms with Crippen LogP contribution < -0.4 is 10.6 Å². The van der Waals surface area contributed by atoms with E-state index in [-0.39, 0.29) is 12.0 Å². The zero-order chi connectivity index (χ0) is 14.8. The third kappa shape index (κ3) is 3.50. The van der Waals surface area contributed by atoms with Crippen molar-refractivity contribution >= 4 is 23.3 Å². The highest BCUT2D eigenvalue weighted by molar-refractivity contribution is 7.09. The van der Waals surface area contributed by atoms with Gasteiger partial charge in [-0.15, -0.1) is 11.3 Å². The predicted octanol–water partition coefficient (Wildman–Crippen LogP) is 2.23. The summed E-state index contributed by atoms with van der Waals surface area (Å²) < 4.78 is 0. The number of hydrogen-bond donors (Lipinski definition) is 3. The molecule has 1 heterocycles. The Morgan fingerprint density at radius 3 is 2.75 bits per heavy atom. The van der Waals surface area contributed by atoms with E-state index in [9.17, 15) is 14.7 Å². The Bertz CT molecular complexity index is 485. The lowest BCUT2D eigenvalue weighted by Crippen LogP contribution is -2.57. The van der Waals surface area contributed by atoms with Crippen LogP contribution in [0.4, 0.5) is 4.79 Å². The van der Waals surface area contributed by atoms with Crippen LogP contribution in [0.25, 0.3) is 0 Å². The average Bonchev–Trinajstić information content (AvgIpc) is 3.09. The van der Waals surface area contributed by atoms with Crippen LogP contribution in [0, 0.1) is 5.92 Å². The summed E-state index contributed by atoms with van der Waals surface area (Å²) in [5.74, 6) is -0.931. The minimum atomic E-state index is -1.16. The summed E-state index contributed by atoms with van der Waals surface area (Å²) in [6.07, 6.45) is 2.46. The summed E-state index contributed by atoms with van der Waals surface area (Å²) in [5.41, 5.74) is -1.16. The lowest BCUT2D eigenvalue weighted by molar-refractivity contribution is -0.144. The number of nitrogens with one attached hydrogen (secondary N) is 2. The number of carbonyl (C=O) groups is 2. The second kappa shape index (κ2) is 5.83. The van der Waals surface area contributed by atoms with Crippen LogP contribution in [0.5, 0.6) is 0 Å². The fourth-order valence-corrected chi connectivity index (χ4v) is 3.10. The normalized spacial score (nSPS) is 18.9. The van der Waals surface area contributed by atoms with Gasteiger partial charge in [-0.2, -0.15) is 0 Å². The number of hydrogen-bond acceptors (Lipinski definition) is 3. The number of urea groups is 1. The predicted molar refractivity (Wildman–Crippen MR) is 77.9 cm³/mol. The monoisotopic (exact) mass is 296 g/mol. The molecule has 6 heteroatoms. The molecule has 2 atom stereocenters. The molecular weight excluding hydrogens is 276 g/mol. The van der Waals surface area contributed by atoms with Gasteiger partial charge >= 0.3 is 12.0 Å². The van der Waals surface area contributed by atoms with Gasteiger partial charge in [0.2, 0.25) is 0 Å². The summed E-state index contributed by atoms with van der Waals surface area (Å²) in [6.45, 7) is 3.49. The van der Waals surface area contributed by atoms with Crippen molar-refractivity contribution in [3.05, 3.63) is 22.4 Å². The first-order chi connectivity index (χ1) is 9.41. The topological polar surface area (TPSA) is 78.4 Å². The second-order valence-corrected chi connectivity index (χ2v) is 6.60. The molecule has 3 N–H and O–H groups in total. The van der Waals surface area contributed by atoms with Crippen LogP contribution in [0.2, 0.25) is 0 Å². The molecule has 2 rings (SSSR count). The Morgan fingerprint density at radius 1 is 1.55 bits per heavy atom. The van der Waals surface area contributed by atoms with Crippen molar-refractivity contribution < 1.29 is 14.7 Å². The Labute approximate surface area is 122 Å². The van der Waals surface area contributed by atoms with Crippen molar-refractivity contribution in [3.8, 4) is 0 Å². The van der Waals surface area contributed by atoms with Gasteiger partial charge in [0.25, 0.3) is 0 Å². The zero-order valence-corrected chi connectivity index (χ0v) is 12.5. The molecule has 1 aromatic heterocycles. The Balaban J connectivity index is 1.86. The van der Waals surface area contributed by atoms with E-state index >= 15 is 0 Å². The molecule has 1 aliphatic carbocycles. The van der Waals surface area contributed by atoms with Crippen LogP contribution >= 0.6 is 11.3 Å². The second-order valence-electron chi connectivity index (χ2n) is 5.56. The number of amides is 2. The summed E-state index contributed by atoms with van der Waals surface area (Å²) in [7, 11) is 0. The average molecular weight is 296 g/mol. The van der Waals surface area contributed by atoms with Crippen molar-refractivity contribution in [2.24, 2.45) is 5.92 Å². The summed E-state index contributed by atoms with van der Waals surface area (Å²) in [6, 6.07) is 3.55. The molecule has 1 saturated carbocycles. The van der Waals surface area contributed by atoms with Crippen LogP contribution in [0.15, 0.2) is 17.5 Å². The maximum atomic E-state index is 12.0. The van der Waals surface area contributed by atoms with Crippen LogP contribution in [-0.4, -0.2) is 28.7 Å². The van der Waals surface area contributed by atoms with E-state index < -0.39 is 17.5 Å². The lowest BCUT2D eigenvalue weighted by Gasteiger charge is -2.27. The summed E-state index contributed by atoms with van der Waals surface area (Å²) in [5, 5.41) is 16.7. The maximum Gasteiger partial charge on any atom is 0.329 e. The maximum absolute atomic E-state index is 12.0.